The fourth-order valence-corrected chi connectivity index (χ4v) is 4.93. The van der Waals surface area contributed by atoms with Crippen LogP contribution in [0.15, 0.2) is 0 Å². The molecule has 0 aromatic heterocycles. The van der Waals surface area contributed by atoms with Crippen LogP contribution in [0.2, 0.25) is 0 Å². The second-order valence-corrected chi connectivity index (χ2v) is 7.39. The lowest BCUT2D eigenvalue weighted by atomic mass is 10.0. The fourth-order valence-electron chi connectivity index (χ4n) is 3.00. The van der Waals surface area contributed by atoms with Crippen LogP contribution in [0.1, 0.15) is 44.9 Å². The number of methoxy groups -OCH3 is 1. The molecule has 0 aromatic rings. The molecule has 20 heavy (non-hydrogen) atoms. The molecule has 2 saturated heterocycles. The van der Waals surface area contributed by atoms with Gasteiger partial charge >= 0.3 is 5.97 Å². The summed E-state index contributed by atoms with van der Waals surface area (Å²) in [5.74, 6) is -0.337. The Morgan fingerprint density at radius 2 is 1.75 bits per heavy atom. The van der Waals surface area contributed by atoms with Crippen molar-refractivity contribution in [2.24, 2.45) is 0 Å². The summed E-state index contributed by atoms with van der Waals surface area (Å²) in [6.45, 7) is 1.72. The molecule has 0 saturated carbocycles. The number of ether oxygens (including phenoxy) is 1. The van der Waals surface area contributed by atoms with E-state index in [4.69, 9.17) is 0 Å². The van der Waals surface area contributed by atoms with E-state index in [2.05, 4.69) is 4.74 Å². The molecule has 2 aliphatic rings. The van der Waals surface area contributed by atoms with Gasteiger partial charge in [-0.3, -0.25) is 4.79 Å². The molecule has 0 bridgehead atoms. The normalized spacial score (nSPS) is 26.4. The first-order chi connectivity index (χ1) is 9.55. The molecule has 2 aliphatic heterocycles. The second kappa shape index (κ2) is 6.87. The van der Waals surface area contributed by atoms with E-state index in [1.54, 1.807) is 4.31 Å². The zero-order valence-electron chi connectivity index (χ0n) is 12.1. The number of carbonyl (C=O) groups excluding carboxylic acids is 1. The summed E-state index contributed by atoms with van der Waals surface area (Å²) >= 11 is 0. The van der Waals surface area contributed by atoms with E-state index in [9.17, 15) is 13.2 Å². The van der Waals surface area contributed by atoms with Crippen LogP contribution in [0.4, 0.5) is 0 Å². The maximum Gasteiger partial charge on any atom is 0.307 e. The van der Waals surface area contributed by atoms with Gasteiger partial charge in [-0.2, -0.15) is 17.0 Å². The molecule has 1 unspecified atom stereocenters. The number of hydrogen-bond acceptors (Lipinski definition) is 4. The molecule has 0 aromatic carbocycles. The lowest BCUT2D eigenvalue weighted by Gasteiger charge is -2.38. The third-order valence-corrected chi connectivity index (χ3v) is 6.23. The highest BCUT2D eigenvalue weighted by Crippen LogP contribution is 2.26. The topological polar surface area (TPSA) is 66.9 Å². The number of carbonyl (C=O) groups is 1. The lowest BCUT2D eigenvalue weighted by Crippen LogP contribution is -2.52. The fraction of sp³-hybridized carbons (Fsp3) is 0.923. The molecule has 0 amide bonds. The standard InChI is InChI=1S/C13H24N2O4S/c1-19-13(16)11-12-7-3-6-10-15(12)20(17,18)14-8-4-2-5-9-14/h12H,2-11H2,1H3. The van der Waals surface area contributed by atoms with Crippen LogP contribution >= 0.6 is 0 Å². The first kappa shape index (κ1) is 15.7. The Bertz CT molecular complexity index is 432. The first-order valence-corrected chi connectivity index (χ1v) is 8.79. The molecule has 7 heteroatoms. The van der Waals surface area contributed by atoms with Gasteiger partial charge in [0, 0.05) is 25.7 Å². The zero-order valence-corrected chi connectivity index (χ0v) is 12.9. The highest BCUT2D eigenvalue weighted by Gasteiger charge is 2.37. The van der Waals surface area contributed by atoms with Gasteiger partial charge in [-0.25, -0.2) is 0 Å². The number of hydrogen-bond donors (Lipinski definition) is 0. The van der Waals surface area contributed by atoms with Crippen molar-refractivity contribution in [3.8, 4) is 0 Å². The van der Waals surface area contributed by atoms with Crippen LogP contribution in [-0.4, -0.2) is 55.8 Å². The minimum atomic E-state index is -3.43. The Hall–Kier alpha value is -0.660. The van der Waals surface area contributed by atoms with Gasteiger partial charge in [0.25, 0.3) is 10.2 Å². The highest BCUT2D eigenvalue weighted by atomic mass is 32.2. The van der Waals surface area contributed by atoms with Gasteiger partial charge in [-0.15, -0.1) is 0 Å². The maximum atomic E-state index is 12.7. The number of esters is 1. The SMILES string of the molecule is COC(=O)CC1CCCCN1S(=O)(=O)N1CCCCC1. The van der Waals surface area contributed by atoms with Crippen molar-refractivity contribution in [1.29, 1.82) is 0 Å². The molecule has 2 rings (SSSR count). The monoisotopic (exact) mass is 304 g/mol. The Kier molecular flexibility index (Phi) is 5.40. The Morgan fingerprint density at radius 3 is 2.40 bits per heavy atom. The highest BCUT2D eigenvalue weighted by molar-refractivity contribution is 7.86. The molecule has 0 radical (unpaired) electrons. The van der Waals surface area contributed by atoms with Crippen molar-refractivity contribution in [1.82, 2.24) is 8.61 Å². The van der Waals surface area contributed by atoms with Crippen LogP contribution in [0.25, 0.3) is 0 Å². The Balaban J connectivity index is 2.11. The molecule has 1 atom stereocenters. The summed E-state index contributed by atoms with van der Waals surface area (Å²) in [6.07, 6.45) is 5.67. The number of piperidine rings is 2. The summed E-state index contributed by atoms with van der Waals surface area (Å²) in [5.41, 5.74) is 0. The van der Waals surface area contributed by atoms with Gasteiger partial charge in [-0.05, 0) is 25.7 Å². The average molecular weight is 304 g/mol. The summed E-state index contributed by atoms with van der Waals surface area (Å²) in [4.78, 5) is 11.5. The van der Waals surface area contributed by atoms with E-state index in [1.165, 1.54) is 11.4 Å². The molecule has 0 N–H and O–H groups in total. The lowest BCUT2D eigenvalue weighted by molar-refractivity contribution is -0.141. The van der Waals surface area contributed by atoms with Gasteiger partial charge in [0.05, 0.1) is 13.5 Å². The molecule has 116 valence electrons. The van der Waals surface area contributed by atoms with Gasteiger partial charge < -0.3 is 4.74 Å². The molecule has 0 aliphatic carbocycles. The third-order valence-electron chi connectivity index (χ3n) is 4.14. The Labute approximate surface area is 121 Å². The van der Waals surface area contributed by atoms with Gasteiger partial charge in [0.1, 0.15) is 0 Å². The quantitative estimate of drug-likeness (QED) is 0.730. The van der Waals surface area contributed by atoms with E-state index in [0.717, 1.165) is 38.5 Å². The predicted octanol–water partition coefficient (Wildman–Crippen LogP) is 1.13. The molecule has 0 spiro atoms. The van der Waals surface area contributed by atoms with Crippen molar-refractivity contribution in [3.05, 3.63) is 0 Å². The van der Waals surface area contributed by atoms with Crippen molar-refractivity contribution >= 4 is 16.2 Å². The van der Waals surface area contributed by atoms with Gasteiger partial charge in [0.15, 0.2) is 0 Å². The predicted molar refractivity (Wildman–Crippen MR) is 75.3 cm³/mol. The largest absolute Gasteiger partial charge is 0.469 e. The summed E-state index contributed by atoms with van der Waals surface area (Å²) < 4.78 is 33.2. The zero-order chi connectivity index (χ0) is 14.6. The molecule has 6 nitrogen and oxygen atoms in total. The third kappa shape index (κ3) is 3.51. The van der Waals surface area contributed by atoms with E-state index in [-0.39, 0.29) is 18.4 Å². The van der Waals surface area contributed by atoms with Crippen LogP contribution in [0.3, 0.4) is 0 Å². The summed E-state index contributed by atoms with van der Waals surface area (Å²) in [7, 11) is -2.09. The van der Waals surface area contributed by atoms with Gasteiger partial charge in [-0.1, -0.05) is 12.8 Å². The van der Waals surface area contributed by atoms with E-state index >= 15 is 0 Å². The van der Waals surface area contributed by atoms with E-state index < -0.39 is 10.2 Å². The van der Waals surface area contributed by atoms with Crippen molar-refractivity contribution in [3.63, 3.8) is 0 Å². The van der Waals surface area contributed by atoms with Crippen LogP contribution in [0.5, 0.6) is 0 Å². The van der Waals surface area contributed by atoms with Crippen molar-refractivity contribution in [2.45, 2.75) is 51.0 Å². The second-order valence-electron chi connectivity index (χ2n) is 5.51. The number of rotatable bonds is 4. The molecular weight excluding hydrogens is 280 g/mol. The smallest absolute Gasteiger partial charge is 0.307 e. The van der Waals surface area contributed by atoms with Crippen LogP contribution < -0.4 is 0 Å². The average Bonchev–Trinajstić information content (AvgIpc) is 2.48. The van der Waals surface area contributed by atoms with Crippen molar-refractivity contribution in [2.75, 3.05) is 26.7 Å². The van der Waals surface area contributed by atoms with Crippen LogP contribution in [-0.2, 0) is 19.7 Å². The molecule has 2 heterocycles. The maximum absolute atomic E-state index is 12.7. The summed E-state index contributed by atoms with van der Waals surface area (Å²) in [6, 6.07) is -0.247. The Morgan fingerprint density at radius 1 is 1.10 bits per heavy atom. The number of nitrogens with zero attached hydrogens (tertiary/aromatic N) is 2. The first-order valence-electron chi connectivity index (χ1n) is 7.39. The van der Waals surface area contributed by atoms with Crippen molar-refractivity contribution < 1.29 is 17.9 Å². The minimum Gasteiger partial charge on any atom is -0.469 e. The van der Waals surface area contributed by atoms with E-state index in [1.807, 2.05) is 0 Å². The summed E-state index contributed by atoms with van der Waals surface area (Å²) in [5, 5.41) is 0. The van der Waals surface area contributed by atoms with Crippen LogP contribution in [0, 0.1) is 0 Å². The minimum absolute atomic E-state index is 0.156. The molecule has 2 fully saturated rings. The van der Waals surface area contributed by atoms with Gasteiger partial charge in [0.2, 0.25) is 0 Å². The molecular formula is C13H24N2O4S. The van der Waals surface area contributed by atoms with E-state index in [0.29, 0.717) is 19.6 Å².